The fraction of sp³-hybridized carbons (Fsp3) is 0.143. The molecule has 0 spiro atoms. The molecule has 0 saturated heterocycles. The molecule has 62 valence electrons. The number of fused-ring (bicyclic) bond motifs is 1. The van der Waals surface area contributed by atoms with Crippen LogP contribution in [0.4, 0.5) is 0 Å². The number of aromatic nitrogens is 3. The van der Waals surface area contributed by atoms with Gasteiger partial charge in [-0.15, -0.1) is 0 Å². The van der Waals surface area contributed by atoms with Crippen LogP contribution in [0.25, 0.3) is 5.52 Å². The lowest BCUT2D eigenvalue weighted by Gasteiger charge is -2.02. The lowest BCUT2D eigenvalue weighted by atomic mass is 10.5. The number of hydrogen-bond acceptors (Lipinski definition) is 2. The first kappa shape index (κ1) is 8.01. The largest absolute Gasteiger partial charge is 0.289 e. The van der Waals surface area contributed by atoms with Gasteiger partial charge in [0.2, 0.25) is 0 Å². The Labute approximate surface area is 82.5 Å². The molecule has 0 radical (unpaired) electrons. The van der Waals surface area contributed by atoms with Crippen LogP contribution >= 0.6 is 27.5 Å². The molecule has 0 amide bonds. The highest BCUT2D eigenvalue weighted by atomic mass is 79.9. The number of nitrogens with zero attached hydrogens (tertiary/aromatic N) is 3. The average Bonchev–Trinajstić information content (AvgIpc) is 2.48. The standard InChI is InChI=1S/C7H5BrClN3/c1-4-6(8)12-3-10-2-5(12)7(9)11-4/h2-3H,1H3. The van der Waals surface area contributed by atoms with Crippen LogP contribution in [-0.2, 0) is 0 Å². The lowest BCUT2D eigenvalue weighted by Crippen LogP contribution is -1.93. The van der Waals surface area contributed by atoms with Crippen molar-refractivity contribution in [1.82, 2.24) is 14.4 Å². The SMILES string of the molecule is Cc1nc(Cl)c2cncn2c1Br. The van der Waals surface area contributed by atoms with Gasteiger partial charge in [-0.05, 0) is 22.9 Å². The molecular formula is C7H5BrClN3. The van der Waals surface area contributed by atoms with Gasteiger partial charge in [-0.3, -0.25) is 4.40 Å². The monoisotopic (exact) mass is 245 g/mol. The van der Waals surface area contributed by atoms with Crippen molar-refractivity contribution in [2.24, 2.45) is 0 Å². The van der Waals surface area contributed by atoms with Crippen LogP contribution in [0, 0.1) is 6.92 Å². The summed E-state index contributed by atoms with van der Waals surface area (Å²) >= 11 is 9.28. The Hall–Kier alpha value is -0.610. The van der Waals surface area contributed by atoms with E-state index in [-0.39, 0.29) is 0 Å². The highest BCUT2D eigenvalue weighted by Crippen LogP contribution is 2.21. The van der Waals surface area contributed by atoms with Crippen LogP contribution in [0.2, 0.25) is 5.15 Å². The minimum absolute atomic E-state index is 0.480. The molecular weight excluding hydrogens is 241 g/mol. The van der Waals surface area contributed by atoms with E-state index in [1.54, 1.807) is 12.5 Å². The summed E-state index contributed by atoms with van der Waals surface area (Å²) in [7, 11) is 0. The van der Waals surface area contributed by atoms with Gasteiger partial charge in [-0.1, -0.05) is 11.6 Å². The molecule has 2 heterocycles. The van der Waals surface area contributed by atoms with E-state index in [4.69, 9.17) is 11.6 Å². The van der Waals surface area contributed by atoms with Crippen molar-refractivity contribution in [2.45, 2.75) is 6.92 Å². The first-order valence-corrected chi connectivity index (χ1v) is 4.51. The second-order valence-electron chi connectivity index (χ2n) is 2.43. The predicted molar refractivity (Wildman–Crippen MR) is 50.4 cm³/mol. The number of halogens is 2. The van der Waals surface area contributed by atoms with E-state index in [0.717, 1.165) is 15.8 Å². The Morgan fingerprint density at radius 2 is 2.33 bits per heavy atom. The van der Waals surface area contributed by atoms with Crippen LogP contribution in [-0.4, -0.2) is 14.4 Å². The first-order valence-electron chi connectivity index (χ1n) is 3.34. The van der Waals surface area contributed by atoms with E-state index in [0.29, 0.717) is 5.15 Å². The van der Waals surface area contributed by atoms with Crippen molar-refractivity contribution in [3.8, 4) is 0 Å². The maximum atomic E-state index is 5.88. The summed E-state index contributed by atoms with van der Waals surface area (Å²) in [6.07, 6.45) is 3.37. The molecule has 2 aromatic rings. The Balaban J connectivity index is 2.97. The molecule has 0 unspecified atom stereocenters. The maximum absolute atomic E-state index is 5.88. The van der Waals surface area contributed by atoms with E-state index >= 15 is 0 Å². The van der Waals surface area contributed by atoms with Gasteiger partial charge in [-0.2, -0.15) is 0 Å². The molecule has 0 aliphatic heterocycles. The first-order chi connectivity index (χ1) is 5.70. The Kier molecular flexibility index (Phi) is 1.81. The van der Waals surface area contributed by atoms with Gasteiger partial charge in [0.05, 0.1) is 11.9 Å². The molecule has 0 bridgehead atoms. The summed E-state index contributed by atoms with van der Waals surface area (Å²) in [5.74, 6) is 0. The zero-order valence-corrected chi connectivity index (χ0v) is 8.59. The van der Waals surface area contributed by atoms with Gasteiger partial charge < -0.3 is 0 Å². The third kappa shape index (κ3) is 1.03. The van der Waals surface area contributed by atoms with Crippen LogP contribution in [0.1, 0.15) is 5.69 Å². The Morgan fingerprint density at radius 3 is 3.08 bits per heavy atom. The van der Waals surface area contributed by atoms with Crippen molar-refractivity contribution in [1.29, 1.82) is 0 Å². The summed E-state index contributed by atoms with van der Waals surface area (Å²) in [5, 5.41) is 0.480. The van der Waals surface area contributed by atoms with Crippen molar-refractivity contribution < 1.29 is 0 Å². The van der Waals surface area contributed by atoms with E-state index < -0.39 is 0 Å². The van der Waals surface area contributed by atoms with Crippen molar-refractivity contribution in [3.63, 3.8) is 0 Å². The minimum atomic E-state index is 0.480. The highest BCUT2D eigenvalue weighted by Gasteiger charge is 2.06. The zero-order valence-electron chi connectivity index (χ0n) is 6.25. The van der Waals surface area contributed by atoms with Gasteiger partial charge in [0.15, 0.2) is 5.15 Å². The van der Waals surface area contributed by atoms with Crippen LogP contribution in [0.15, 0.2) is 17.1 Å². The van der Waals surface area contributed by atoms with Gasteiger partial charge in [-0.25, -0.2) is 9.97 Å². The number of imidazole rings is 1. The number of rotatable bonds is 0. The van der Waals surface area contributed by atoms with Crippen molar-refractivity contribution in [2.75, 3.05) is 0 Å². The van der Waals surface area contributed by atoms with Crippen LogP contribution in [0.5, 0.6) is 0 Å². The van der Waals surface area contributed by atoms with E-state index in [1.165, 1.54) is 0 Å². The Bertz CT molecular complexity index is 437. The third-order valence-electron chi connectivity index (χ3n) is 1.63. The normalized spacial score (nSPS) is 10.9. The summed E-state index contributed by atoms with van der Waals surface area (Å²) in [4.78, 5) is 8.10. The molecule has 0 fully saturated rings. The summed E-state index contributed by atoms with van der Waals surface area (Å²) in [6.45, 7) is 1.88. The molecule has 3 nitrogen and oxygen atoms in total. The van der Waals surface area contributed by atoms with E-state index in [9.17, 15) is 0 Å². The maximum Gasteiger partial charge on any atom is 0.155 e. The van der Waals surface area contributed by atoms with Gasteiger partial charge in [0.25, 0.3) is 0 Å². The van der Waals surface area contributed by atoms with Crippen molar-refractivity contribution >= 4 is 33.0 Å². The molecule has 2 rings (SSSR count). The average molecular weight is 246 g/mol. The van der Waals surface area contributed by atoms with Crippen LogP contribution < -0.4 is 0 Å². The molecule has 5 heteroatoms. The molecule has 0 atom stereocenters. The minimum Gasteiger partial charge on any atom is -0.289 e. The van der Waals surface area contributed by atoms with Gasteiger partial charge in [0, 0.05) is 0 Å². The molecule has 0 aliphatic carbocycles. The molecule has 0 aromatic carbocycles. The number of hydrogen-bond donors (Lipinski definition) is 0. The fourth-order valence-electron chi connectivity index (χ4n) is 1.03. The third-order valence-corrected chi connectivity index (χ3v) is 2.86. The summed E-state index contributed by atoms with van der Waals surface area (Å²) in [5.41, 5.74) is 1.67. The molecule has 2 aromatic heterocycles. The second kappa shape index (κ2) is 2.71. The predicted octanol–water partition coefficient (Wildman–Crippen LogP) is 2.45. The lowest BCUT2D eigenvalue weighted by molar-refractivity contribution is 1.03. The fourth-order valence-corrected chi connectivity index (χ4v) is 1.67. The number of aryl methyl sites for hydroxylation is 1. The summed E-state index contributed by atoms with van der Waals surface area (Å²) in [6, 6.07) is 0. The zero-order chi connectivity index (χ0) is 8.72. The van der Waals surface area contributed by atoms with E-state index in [2.05, 4.69) is 25.9 Å². The van der Waals surface area contributed by atoms with Gasteiger partial charge in [0.1, 0.15) is 16.4 Å². The van der Waals surface area contributed by atoms with Crippen molar-refractivity contribution in [3.05, 3.63) is 28.0 Å². The molecule has 0 N–H and O–H groups in total. The van der Waals surface area contributed by atoms with Crippen LogP contribution in [0.3, 0.4) is 0 Å². The molecule has 12 heavy (non-hydrogen) atoms. The highest BCUT2D eigenvalue weighted by molar-refractivity contribution is 9.10. The van der Waals surface area contributed by atoms with Gasteiger partial charge >= 0.3 is 0 Å². The second-order valence-corrected chi connectivity index (χ2v) is 3.54. The smallest absolute Gasteiger partial charge is 0.155 e. The Morgan fingerprint density at radius 1 is 1.58 bits per heavy atom. The molecule has 0 saturated carbocycles. The van der Waals surface area contributed by atoms with E-state index in [1.807, 2.05) is 11.3 Å². The topological polar surface area (TPSA) is 30.2 Å². The summed E-state index contributed by atoms with van der Waals surface area (Å²) < 4.78 is 2.74. The molecule has 0 aliphatic rings. The quantitative estimate of drug-likeness (QED) is 0.715.